The van der Waals surface area contributed by atoms with Gasteiger partial charge in [0, 0.05) is 6.07 Å². The van der Waals surface area contributed by atoms with E-state index in [0.29, 0.717) is 5.75 Å². The SMILES string of the molecule is COc1cc(O)c(C(=O)O)c(Cl)c1. The number of phenols is 1. The molecule has 70 valence electrons. The lowest BCUT2D eigenvalue weighted by molar-refractivity contribution is 0.0694. The van der Waals surface area contributed by atoms with Crippen LogP contribution in [-0.2, 0) is 0 Å². The van der Waals surface area contributed by atoms with Gasteiger partial charge >= 0.3 is 5.97 Å². The van der Waals surface area contributed by atoms with Gasteiger partial charge < -0.3 is 14.9 Å². The highest BCUT2D eigenvalue weighted by atomic mass is 35.5. The molecule has 0 bridgehead atoms. The zero-order valence-corrected chi connectivity index (χ0v) is 7.50. The standard InChI is InChI=1S/C8H7ClO4/c1-13-4-2-5(9)7(8(11)12)6(10)3-4/h2-3,10H,1H3,(H,11,12). The molecule has 0 radical (unpaired) electrons. The molecule has 0 aliphatic carbocycles. The van der Waals surface area contributed by atoms with E-state index in [1.807, 2.05) is 0 Å². The summed E-state index contributed by atoms with van der Waals surface area (Å²) in [5.41, 5.74) is -0.317. The Morgan fingerprint density at radius 3 is 2.54 bits per heavy atom. The highest BCUT2D eigenvalue weighted by molar-refractivity contribution is 6.34. The average Bonchev–Trinajstić information content (AvgIpc) is 2.02. The summed E-state index contributed by atoms with van der Waals surface area (Å²) in [6, 6.07) is 2.51. The molecule has 0 aromatic heterocycles. The van der Waals surface area contributed by atoms with Gasteiger partial charge in [0.15, 0.2) is 0 Å². The maximum absolute atomic E-state index is 10.6. The summed E-state index contributed by atoms with van der Waals surface area (Å²) in [7, 11) is 1.39. The van der Waals surface area contributed by atoms with Gasteiger partial charge in [-0.3, -0.25) is 0 Å². The van der Waals surface area contributed by atoms with Gasteiger partial charge in [-0.05, 0) is 6.07 Å². The van der Waals surface area contributed by atoms with Crippen LogP contribution in [-0.4, -0.2) is 23.3 Å². The number of carbonyl (C=O) groups is 1. The molecular weight excluding hydrogens is 196 g/mol. The maximum atomic E-state index is 10.6. The smallest absolute Gasteiger partial charge is 0.341 e. The highest BCUT2D eigenvalue weighted by Gasteiger charge is 2.15. The molecule has 1 aromatic rings. The maximum Gasteiger partial charge on any atom is 0.341 e. The second-order valence-corrected chi connectivity index (χ2v) is 2.72. The van der Waals surface area contributed by atoms with E-state index in [1.54, 1.807) is 0 Å². The summed E-state index contributed by atoms with van der Waals surface area (Å²) < 4.78 is 4.77. The minimum atomic E-state index is -1.27. The number of aromatic carboxylic acids is 1. The summed E-state index contributed by atoms with van der Waals surface area (Å²) >= 11 is 5.59. The van der Waals surface area contributed by atoms with Crippen LogP contribution < -0.4 is 4.74 Å². The van der Waals surface area contributed by atoms with Gasteiger partial charge in [0.25, 0.3) is 0 Å². The normalized spacial score (nSPS) is 9.69. The molecule has 0 amide bonds. The summed E-state index contributed by atoms with van der Waals surface area (Å²) in [6.45, 7) is 0. The minimum absolute atomic E-state index is 0.0515. The molecule has 5 heteroatoms. The second kappa shape index (κ2) is 3.53. The number of carboxylic acids is 1. The van der Waals surface area contributed by atoms with Crippen molar-refractivity contribution in [1.82, 2.24) is 0 Å². The van der Waals surface area contributed by atoms with Crippen molar-refractivity contribution in [3.63, 3.8) is 0 Å². The fourth-order valence-electron chi connectivity index (χ4n) is 0.898. The van der Waals surface area contributed by atoms with Crippen LogP contribution in [0.4, 0.5) is 0 Å². The summed E-state index contributed by atoms with van der Waals surface area (Å²) in [5, 5.41) is 17.8. The monoisotopic (exact) mass is 202 g/mol. The van der Waals surface area contributed by atoms with E-state index < -0.39 is 11.7 Å². The third-order valence-corrected chi connectivity index (χ3v) is 1.79. The molecule has 0 saturated heterocycles. The van der Waals surface area contributed by atoms with Crippen LogP contribution in [0.5, 0.6) is 11.5 Å². The molecule has 0 aliphatic heterocycles. The van der Waals surface area contributed by atoms with E-state index in [0.717, 1.165) is 0 Å². The van der Waals surface area contributed by atoms with Crippen molar-refractivity contribution in [3.8, 4) is 11.5 Å². The molecule has 0 saturated carbocycles. The van der Waals surface area contributed by atoms with E-state index in [4.69, 9.17) is 21.4 Å². The quantitative estimate of drug-likeness (QED) is 0.767. The predicted octanol–water partition coefficient (Wildman–Crippen LogP) is 1.75. The van der Waals surface area contributed by atoms with Crippen LogP contribution in [0.1, 0.15) is 10.4 Å². The number of methoxy groups -OCH3 is 1. The lowest BCUT2D eigenvalue weighted by atomic mass is 10.2. The largest absolute Gasteiger partial charge is 0.507 e. The number of hydrogen-bond donors (Lipinski definition) is 2. The van der Waals surface area contributed by atoms with Crippen LogP contribution in [0, 0.1) is 0 Å². The molecule has 0 spiro atoms. The number of hydrogen-bond acceptors (Lipinski definition) is 3. The fourth-order valence-corrected chi connectivity index (χ4v) is 1.18. The predicted molar refractivity (Wildman–Crippen MR) is 46.6 cm³/mol. The molecule has 0 atom stereocenters. The number of carboxylic acid groups (broad SMARTS) is 1. The first-order valence-electron chi connectivity index (χ1n) is 3.36. The van der Waals surface area contributed by atoms with Gasteiger partial charge in [-0.1, -0.05) is 11.6 Å². The zero-order chi connectivity index (χ0) is 10.0. The van der Waals surface area contributed by atoms with Crippen molar-refractivity contribution in [2.24, 2.45) is 0 Å². The summed E-state index contributed by atoms with van der Waals surface area (Å²) in [4.78, 5) is 10.6. The van der Waals surface area contributed by atoms with Gasteiger partial charge in [0.2, 0.25) is 0 Å². The second-order valence-electron chi connectivity index (χ2n) is 2.31. The average molecular weight is 203 g/mol. The molecule has 13 heavy (non-hydrogen) atoms. The van der Waals surface area contributed by atoms with Gasteiger partial charge in [-0.15, -0.1) is 0 Å². The van der Waals surface area contributed by atoms with Crippen molar-refractivity contribution in [1.29, 1.82) is 0 Å². The van der Waals surface area contributed by atoms with E-state index in [-0.39, 0.29) is 10.6 Å². The van der Waals surface area contributed by atoms with Crippen LogP contribution in [0.25, 0.3) is 0 Å². The first-order valence-corrected chi connectivity index (χ1v) is 3.74. The molecule has 0 heterocycles. The third kappa shape index (κ3) is 1.84. The lowest BCUT2D eigenvalue weighted by Crippen LogP contribution is -1.98. The van der Waals surface area contributed by atoms with Crippen molar-refractivity contribution < 1.29 is 19.7 Å². The molecular formula is C8H7ClO4. The number of aromatic hydroxyl groups is 1. The molecule has 1 aromatic carbocycles. The molecule has 0 unspecified atom stereocenters. The van der Waals surface area contributed by atoms with E-state index in [9.17, 15) is 9.90 Å². The van der Waals surface area contributed by atoms with Gasteiger partial charge in [0.05, 0.1) is 12.1 Å². The van der Waals surface area contributed by atoms with Crippen molar-refractivity contribution >= 4 is 17.6 Å². The summed E-state index contributed by atoms with van der Waals surface area (Å²) in [5.74, 6) is -1.37. The summed E-state index contributed by atoms with van der Waals surface area (Å²) in [6.07, 6.45) is 0. The lowest BCUT2D eigenvalue weighted by Gasteiger charge is -2.05. The fraction of sp³-hybridized carbons (Fsp3) is 0.125. The van der Waals surface area contributed by atoms with Crippen molar-refractivity contribution in [2.75, 3.05) is 7.11 Å². The Morgan fingerprint density at radius 1 is 1.54 bits per heavy atom. The Kier molecular flexibility index (Phi) is 2.63. The molecule has 4 nitrogen and oxygen atoms in total. The number of rotatable bonds is 2. The first kappa shape index (κ1) is 9.67. The van der Waals surface area contributed by atoms with E-state index in [1.165, 1.54) is 19.2 Å². The van der Waals surface area contributed by atoms with Crippen molar-refractivity contribution in [2.45, 2.75) is 0 Å². The Hall–Kier alpha value is -1.42. The Labute approximate surface area is 79.3 Å². The van der Waals surface area contributed by atoms with E-state index >= 15 is 0 Å². The van der Waals surface area contributed by atoms with Crippen LogP contribution >= 0.6 is 11.6 Å². The Balaban J connectivity index is 3.31. The molecule has 2 N–H and O–H groups in total. The van der Waals surface area contributed by atoms with Crippen LogP contribution in [0.3, 0.4) is 0 Å². The third-order valence-electron chi connectivity index (χ3n) is 1.49. The molecule has 0 fully saturated rings. The molecule has 0 aliphatic rings. The highest BCUT2D eigenvalue weighted by Crippen LogP contribution is 2.30. The van der Waals surface area contributed by atoms with E-state index in [2.05, 4.69) is 0 Å². The van der Waals surface area contributed by atoms with Gasteiger partial charge in [0.1, 0.15) is 17.1 Å². The minimum Gasteiger partial charge on any atom is -0.507 e. The number of benzene rings is 1. The number of halogens is 1. The number of ether oxygens (including phenoxy) is 1. The van der Waals surface area contributed by atoms with Gasteiger partial charge in [-0.25, -0.2) is 4.79 Å². The Bertz CT molecular complexity index is 325. The zero-order valence-electron chi connectivity index (χ0n) is 6.74. The molecule has 1 rings (SSSR count). The van der Waals surface area contributed by atoms with Crippen LogP contribution in [0.15, 0.2) is 12.1 Å². The topological polar surface area (TPSA) is 66.8 Å². The Morgan fingerprint density at radius 2 is 2.15 bits per heavy atom. The first-order chi connectivity index (χ1) is 6.06. The van der Waals surface area contributed by atoms with Crippen molar-refractivity contribution in [3.05, 3.63) is 22.7 Å². The van der Waals surface area contributed by atoms with Gasteiger partial charge in [-0.2, -0.15) is 0 Å². The van der Waals surface area contributed by atoms with Crippen LogP contribution in [0.2, 0.25) is 5.02 Å².